The van der Waals surface area contributed by atoms with Crippen molar-refractivity contribution in [3.05, 3.63) is 17.5 Å². The average Bonchev–Trinajstić information content (AvgIpc) is 3.29. The molecule has 0 aliphatic carbocycles. The lowest BCUT2D eigenvalue weighted by Gasteiger charge is -2.24. The zero-order valence-electron chi connectivity index (χ0n) is 17.7. The van der Waals surface area contributed by atoms with Crippen LogP contribution in [0.15, 0.2) is 15.6 Å². The summed E-state index contributed by atoms with van der Waals surface area (Å²) in [6.07, 6.45) is 2.42. The second kappa shape index (κ2) is 12.3. The average molecular weight is 506 g/mol. The third-order valence-electron chi connectivity index (χ3n) is 4.88. The summed E-state index contributed by atoms with van der Waals surface area (Å²) in [5, 5.41) is 10.7. The molecule has 2 rings (SSSR count). The van der Waals surface area contributed by atoms with Crippen LogP contribution in [0.1, 0.15) is 51.0 Å². The molecule has 2 heterocycles. The van der Waals surface area contributed by atoms with Crippen LogP contribution in [0.5, 0.6) is 0 Å². The maximum Gasteiger partial charge on any atom is 0.243 e. The molecule has 1 unspecified atom stereocenters. The Hall–Kier alpha value is -1.36. The van der Waals surface area contributed by atoms with E-state index in [0.29, 0.717) is 24.5 Å². The van der Waals surface area contributed by atoms with Crippen LogP contribution in [-0.4, -0.2) is 73.1 Å². The number of hydrogen-bond donors (Lipinski definition) is 2. The Morgan fingerprint density at radius 3 is 2.79 bits per heavy atom. The maximum absolute atomic E-state index is 11.9. The molecular formula is C19H35IN6O2. The van der Waals surface area contributed by atoms with Crippen molar-refractivity contribution in [3.63, 3.8) is 0 Å². The highest BCUT2D eigenvalue weighted by molar-refractivity contribution is 14.0. The topological polar surface area (TPSA) is 86.0 Å². The first-order chi connectivity index (χ1) is 12.9. The lowest BCUT2D eigenvalue weighted by Crippen LogP contribution is -2.45. The minimum Gasteiger partial charge on any atom is -0.359 e. The number of rotatable bonds is 8. The summed E-state index contributed by atoms with van der Waals surface area (Å²) >= 11 is 0. The number of halogens is 1. The zero-order valence-corrected chi connectivity index (χ0v) is 20.0. The number of hydrogen-bond acceptors (Lipinski definition) is 5. The van der Waals surface area contributed by atoms with E-state index in [9.17, 15) is 4.79 Å². The number of nitrogens with one attached hydrogen (secondary N) is 2. The monoisotopic (exact) mass is 506 g/mol. The number of carbonyl (C=O) groups excluding carboxylic acids is 1. The first kappa shape index (κ1) is 24.7. The minimum atomic E-state index is -0.0334. The number of carbonyl (C=O) groups is 1. The third-order valence-corrected chi connectivity index (χ3v) is 4.88. The molecule has 0 spiro atoms. The molecule has 0 bridgehead atoms. The third kappa shape index (κ3) is 7.57. The van der Waals surface area contributed by atoms with Gasteiger partial charge in [0.05, 0.1) is 12.2 Å². The minimum absolute atomic E-state index is 0. The SMILES string of the molecule is CCN1CCCC1CNC(=NCC(=O)N(C)C)NCc1cc(C(C)C)no1.I. The summed E-state index contributed by atoms with van der Waals surface area (Å²) < 4.78 is 5.37. The van der Waals surface area contributed by atoms with Crippen LogP contribution in [0.25, 0.3) is 0 Å². The van der Waals surface area contributed by atoms with Crippen molar-refractivity contribution < 1.29 is 9.32 Å². The van der Waals surface area contributed by atoms with E-state index < -0.39 is 0 Å². The van der Waals surface area contributed by atoms with Gasteiger partial charge in [-0.15, -0.1) is 24.0 Å². The standard InChI is InChI=1S/C19H34N6O2.HI/c1-6-25-9-7-8-15(25)11-20-19(22-13-18(26)24(4)5)21-12-16-10-17(14(2)3)23-27-16;/h10,14-15H,6-9,11-13H2,1-5H3,(H2,20,21,22);1H. The second-order valence-electron chi connectivity index (χ2n) is 7.48. The Bertz CT molecular complexity index is 632. The lowest BCUT2D eigenvalue weighted by molar-refractivity contribution is -0.127. The highest BCUT2D eigenvalue weighted by Crippen LogP contribution is 2.16. The maximum atomic E-state index is 11.9. The molecule has 1 fully saturated rings. The summed E-state index contributed by atoms with van der Waals surface area (Å²) in [5.74, 6) is 1.67. The Morgan fingerprint density at radius 2 is 2.18 bits per heavy atom. The fourth-order valence-corrected chi connectivity index (χ4v) is 3.07. The van der Waals surface area contributed by atoms with Crippen molar-refractivity contribution in [1.29, 1.82) is 0 Å². The molecule has 9 heteroatoms. The van der Waals surface area contributed by atoms with Gasteiger partial charge in [0, 0.05) is 32.7 Å². The van der Waals surface area contributed by atoms with Gasteiger partial charge in [0.2, 0.25) is 5.91 Å². The molecule has 1 aliphatic rings. The predicted molar refractivity (Wildman–Crippen MR) is 122 cm³/mol. The molecule has 1 saturated heterocycles. The molecule has 0 aromatic carbocycles. The Morgan fingerprint density at radius 1 is 1.43 bits per heavy atom. The number of likely N-dealkylation sites (N-methyl/N-ethyl adjacent to an activating group) is 2. The highest BCUT2D eigenvalue weighted by Gasteiger charge is 2.23. The predicted octanol–water partition coefficient (Wildman–Crippen LogP) is 2.02. The van der Waals surface area contributed by atoms with Gasteiger partial charge in [0.25, 0.3) is 0 Å². The number of aromatic nitrogens is 1. The Balaban J connectivity index is 0.00000392. The van der Waals surface area contributed by atoms with Crippen molar-refractivity contribution >= 4 is 35.8 Å². The molecule has 0 saturated carbocycles. The number of likely N-dealkylation sites (tertiary alicyclic amines) is 1. The molecule has 0 radical (unpaired) electrons. The first-order valence-electron chi connectivity index (χ1n) is 9.82. The highest BCUT2D eigenvalue weighted by atomic mass is 127. The van der Waals surface area contributed by atoms with E-state index in [1.165, 1.54) is 12.8 Å². The van der Waals surface area contributed by atoms with Crippen molar-refractivity contribution in [1.82, 2.24) is 25.6 Å². The summed E-state index contributed by atoms with van der Waals surface area (Å²) in [6, 6.07) is 2.46. The molecule has 160 valence electrons. The quantitative estimate of drug-likeness (QED) is 0.319. The van der Waals surface area contributed by atoms with Gasteiger partial charge in [-0.3, -0.25) is 9.69 Å². The number of nitrogens with zero attached hydrogens (tertiary/aromatic N) is 4. The molecule has 1 aromatic heterocycles. The molecule has 28 heavy (non-hydrogen) atoms. The van der Waals surface area contributed by atoms with Gasteiger partial charge in [-0.1, -0.05) is 25.9 Å². The largest absolute Gasteiger partial charge is 0.359 e. The molecule has 1 aliphatic heterocycles. The van der Waals surface area contributed by atoms with E-state index in [-0.39, 0.29) is 36.4 Å². The zero-order chi connectivity index (χ0) is 19.8. The molecule has 1 aromatic rings. The van der Waals surface area contributed by atoms with Crippen molar-refractivity contribution in [3.8, 4) is 0 Å². The molecule has 1 amide bonds. The number of amides is 1. The van der Waals surface area contributed by atoms with Crippen LogP contribution >= 0.6 is 24.0 Å². The van der Waals surface area contributed by atoms with Crippen molar-refractivity contribution in [2.75, 3.05) is 40.3 Å². The van der Waals surface area contributed by atoms with Gasteiger partial charge in [-0.2, -0.15) is 0 Å². The smallest absolute Gasteiger partial charge is 0.243 e. The van der Waals surface area contributed by atoms with Gasteiger partial charge in [0.15, 0.2) is 11.7 Å². The van der Waals surface area contributed by atoms with Gasteiger partial charge in [-0.25, -0.2) is 4.99 Å². The summed E-state index contributed by atoms with van der Waals surface area (Å²) in [6.45, 7) is 9.96. The van der Waals surface area contributed by atoms with Crippen molar-refractivity contribution in [2.24, 2.45) is 4.99 Å². The van der Waals surface area contributed by atoms with Gasteiger partial charge in [-0.05, 0) is 31.8 Å². The van der Waals surface area contributed by atoms with Crippen LogP contribution in [0.4, 0.5) is 0 Å². The molecule has 2 N–H and O–H groups in total. The van der Waals surface area contributed by atoms with Crippen LogP contribution in [0.2, 0.25) is 0 Å². The molecule has 8 nitrogen and oxygen atoms in total. The van der Waals surface area contributed by atoms with E-state index in [2.05, 4.69) is 46.5 Å². The van der Waals surface area contributed by atoms with Crippen LogP contribution < -0.4 is 10.6 Å². The Kier molecular flexibility index (Phi) is 10.8. The fraction of sp³-hybridized carbons (Fsp3) is 0.737. The van der Waals surface area contributed by atoms with Crippen molar-refractivity contribution in [2.45, 2.75) is 52.1 Å². The first-order valence-corrected chi connectivity index (χ1v) is 9.82. The van der Waals surface area contributed by atoms with E-state index in [4.69, 9.17) is 4.52 Å². The number of aliphatic imine (C=N–C) groups is 1. The summed E-state index contributed by atoms with van der Waals surface area (Å²) in [4.78, 5) is 20.3. The Labute approximate surface area is 185 Å². The molecular weight excluding hydrogens is 471 g/mol. The van der Waals surface area contributed by atoms with Crippen LogP contribution in [-0.2, 0) is 11.3 Å². The van der Waals surface area contributed by atoms with Crippen LogP contribution in [0.3, 0.4) is 0 Å². The summed E-state index contributed by atoms with van der Waals surface area (Å²) in [5.41, 5.74) is 0.936. The number of guanidine groups is 1. The summed E-state index contributed by atoms with van der Waals surface area (Å²) in [7, 11) is 3.47. The fourth-order valence-electron chi connectivity index (χ4n) is 3.07. The van der Waals surface area contributed by atoms with E-state index in [1.54, 1.807) is 19.0 Å². The van der Waals surface area contributed by atoms with E-state index in [0.717, 1.165) is 31.1 Å². The van der Waals surface area contributed by atoms with Crippen LogP contribution in [0, 0.1) is 0 Å². The second-order valence-corrected chi connectivity index (χ2v) is 7.48. The van der Waals surface area contributed by atoms with Gasteiger partial charge >= 0.3 is 0 Å². The van der Waals surface area contributed by atoms with Gasteiger partial charge in [0.1, 0.15) is 6.54 Å². The van der Waals surface area contributed by atoms with Gasteiger partial charge < -0.3 is 20.1 Å². The normalized spacial score (nSPS) is 17.5. The van der Waals surface area contributed by atoms with E-state index in [1.807, 2.05) is 6.07 Å². The lowest BCUT2D eigenvalue weighted by atomic mass is 10.1. The van der Waals surface area contributed by atoms with E-state index >= 15 is 0 Å². The molecule has 1 atom stereocenters.